The van der Waals surface area contributed by atoms with E-state index in [-0.39, 0.29) is 23.5 Å². The molecule has 38 heavy (non-hydrogen) atoms. The first-order valence-corrected chi connectivity index (χ1v) is 16.0. The Morgan fingerprint density at radius 1 is 0.947 bits per heavy atom. The lowest BCUT2D eigenvalue weighted by molar-refractivity contribution is -0.126. The van der Waals surface area contributed by atoms with Gasteiger partial charge in [0.05, 0.1) is 6.10 Å². The minimum absolute atomic E-state index is 0.0792. The number of aliphatic hydroxyl groups excluding tert-OH is 1. The molecule has 0 saturated heterocycles. The number of hydrazine groups is 1. The molecule has 4 aliphatic rings. The number of nitrogens with one attached hydrogen (secondary N) is 4. The summed E-state index contributed by atoms with van der Waals surface area (Å²) in [6.45, 7) is 13.0. The normalized spacial score (nSPS) is 39.3. The summed E-state index contributed by atoms with van der Waals surface area (Å²) in [5, 5.41) is 21.6. The molecule has 7 nitrogen and oxygen atoms in total. The standard InChI is InChI=1S/C31H59N5O2/c1-21(2)36-29(38)11-10-28(37)27-9-8-25-24-7-6-22-20-23(34-17-5-16-33-18-19-35-32)12-14-30(22,3)26(24)13-15-31(25,27)4/h21-28,33-35,37H,5-20,32H2,1-4H3,(H,36,38)/t22?,23-,24?,25?,26?,27+,28+,30-,31-/m0/s1. The smallest absolute Gasteiger partial charge is 0.220 e. The number of nitrogens with two attached hydrogens (primary N) is 1. The fraction of sp³-hybridized carbons (Fsp3) is 0.968. The zero-order valence-electron chi connectivity index (χ0n) is 24.9. The van der Waals surface area contributed by atoms with Crippen LogP contribution in [0.15, 0.2) is 0 Å². The van der Waals surface area contributed by atoms with Gasteiger partial charge in [-0.15, -0.1) is 0 Å². The molecular weight excluding hydrogens is 474 g/mol. The summed E-state index contributed by atoms with van der Waals surface area (Å²) in [7, 11) is 0. The molecular formula is C31H59N5O2. The highest BCUT2D eigenvalue weighted by Gasteiger charge is 2.60. The molecule has 9 atom stereocenters. The molecule has 0 heterocycles. The summed E-state index contributed by atoms with van der Waals surface area (Å²) < 4.78 is 0. The molecule has 0 aromatic carbocycles. The minimum Gasteiger partial charge on any atom is -0.393 e. The van der Waals surface area contributed by atoms with Crippen molar-refractivity contribution in [2.75, 3.05) is 26.2 Å². The molecule has 0 spiro atoms. The SMILES string of the molecule is CC(C)NC(=O)CC[C@@H](O)[C@H]1CCC2C3CCC4C[C@@H](NCCCNCCNN)CC[C@]4(C)C3CC[C@@]21C. The second kappa shape index (κ2) is 13.3. The highest BCUT2D eigenvalue weighted by atomic mass is 16.3. The van der Waals surface area contributed by atoms with Crippen molar-refractivity contribution < 1.29 is 9.90 Å². The Bertz CT molecular complexity index is 765. The first-order valence-electron chi connectivity index (χ1n) is 16.0. The van der Waals surface area contributed by atoms with Gasteiger partial charge in [-0.25, -0.2) is 0 Å². The van der Waals surface area contributed by atoms with Crippen molar-refractivity contribution in [1.29, 1.82) is 0 Å². The molecule has 0 aliphatic heterocycles. The zero-order valence-corrected chi connectivity index (χ0v) is 24.9. The third kappa shape index (κ3) is 6.59. The summed E-state index contributed by atoms with van der Waals surface area (Å²) in [6.07, 6.45) is 13.7. The number of carbonyl (C=O) groups excluding carboxylic acids is 1. The number of fused-ring (bicyclic) bond motifs is 5. The van der Waals surface area contributed by atoms with Crippen LogP contribution in [0.1, 0.15) is 105 Å². The molecule has 0 aromatic heterocycles. The van der Waals surface area contributed by atoms with Crippen molar-refractivity contribution >= 4 is 5.91 Å². The van der Waals surface area contributed by atoms with Crippen molar-refractivity contribution in [3.05, 3.63) is 0 Å². The van der Waals surface area contributed by atoms with Gasteiger partial charge < -0.3 is 21.1 Å². The zero-order chi connectivity index (χ0) is 27.3. The van der Waals surface area contributed by atoms with Crippen LogP contribution in [0.2, 0.25) is 0 Å². The Hall–Kier alpha value is -0.730. The van der Waals surface area contributed by atoms with Crippen LogP contribution in [-0.2, 0) is 4.79 Å². The average Bonchev–Trinajstić information content (AvgIpc) is 3.23. The van der Waals surface area contributed by atoms with Crippen molar-refractivity contribution in [3.63, 3.8) is 0 Å². The molecule has 0 radical (unpaired) electrons. The Morgan fingerprint density at radius 2 is 1.71 bits per heavy atom. The van der Waals surface area contributed by atoms with Gasteiger partial charge in [-0.2, -0.15) is 0 Å². The Morgan fingerprint density at radius 3 is 2.47 bits per heavy atom. The lowest BCUT2D eigenvalue weighted by Crippen LogP contribution is -2.55. The van der Waals surface area contributed by atoms with Gasteiger partial charge in [0.15, 0.2) is 0 Å². The predicted octanol–water partition coefficient (Wildman–Crippen LogP) is 3.71. The molecule has 7 N–H and O–H groups in total. The van der Waals surface area contributed by atoms with Gasteiger partial charge in [-0.3, -0.25) is 16.1 Å². The minimum atomic E-state index is -0.347. The van der Waals surface area contributed by atoms with Gasteiger partial charge in [-0.1, -0.05) is 13.8 Å². The van der Waals surface area contributed by atoms with E-state index >= 15 is 0 Å². The van der Waals surface area contributed by atoms with Crippen LogP contribution < -0.4 is 27.2 Å². The third-order valence-corrected chi connectivity index (χ3v) is 11.7. The van der Waals surface area contributed by atoms with Gasteiger partial charge in [0.1, 0.15) is 0 Å². The largest absolute Gasteiger partial charge is 0.393 e. The van der Waals surface area contributed by atoms with Gasteiger partial charge in [-0.05, 0) is 138 Å². The van der Waals surface area contributed by atoms with Gasteiger partial charge >= 0.3 is 0 Å². The maximum Gasteiger partial charge on any atom is 0.220 e. The Labute approximate surface area is 232 Å². The summed E-state index contributed by atoms with van der Waals surface area (Å²) in [5.41, 5.74) is 3.42. The van der Waals surface area contributed by atoms with Gasteiger partial charge in [0.25, 0.3) is 0 Å². The maximum atomic E-state index is 12.2. The molecule has 4 fully saturated rings. The average molecular weight is 534 g/mol. The molecule has 220 valence electrons. The highest BCUT2D eigenvalue weighted by molar-refractivity contribution is 5.76. The third-order valence-electron chi connectivity index (χ3n) is 11.7. The quantitative estimate of drug-likeness (QED) is 0.122. The second-order valence-corrected chi connectivity index (χ2v) is 14.2. The molecule has 0 bridgehead atoms. The monoisotopic (exact) mass is 533 g/mol. The molecule has 4 saturated carbocycles. The summed E-state index contributed by atoms with van der Waals surface area (Å²) in [4.78, 5) is 12.2. The molecule has 0 aromatic rings. The fourth-order valence-corrected chi connectivity index (χ4v) is 9.80. The lowest BCUT2D eigenvalue weighted by Gasteiger charge is -2.61. The first kappa shape index (κ1) is 30.2. The fourth-order valence-electron chi connectivity index (χ4n) is 9.80. The number of hydrogen-bond donors (Lipinski definition) is 6. The van der Waals surface area contributed by atoms with Crippen LogP contribution in [0, 0.1) is 40.4 Å². The van der Waals surface area contributed by atoms with E-state index in [0.717, 1.165) is 56.3 Å². The summed E-state index contributed by atoms with van der Waals surface area (Å²) in [6, 6.07) is 0.848. The number of aliphatic hydroxyl groups is 1. The molecule has 7 heteroatoms. The van der Waals surface area contributed by atoms with E-state index < -0.39 is 0 Å². The van der Waals surface area contributed by atoms with Crippen LogP contribution in [0.5, 0.6) is 0 Å². The number of carbonyl (C=O) groups is 1. The molecule has 4 aliphatic carbocycles. The van der Waals surface area contributed by atoms with Crippen LogP contribution in [0.4, 0.5) is 0 Å². The van der Waals surface area contributed by atoms with E-state index in [1.54, 1.807) is 0 Å². The number of amides is 1. The maximum absolute atomic E-state index is 12.2. The second-order valence-electron chi connectivity index (χ2n) is 14.2. The van der Waals surface area contributed by atoms with Gasteiger partial charge in [0.2, 0.25) is 5.91 Å². The van der Waals surface area contributed by atoms with Crippen LogP contribution >= 0.6 is 0 Å². The first-order chi connectivity index (χ1) is 18.2. The van der Waals surface area contributed by atoms with E-state index in [2.05, 4.69) is 35.2 Å². The summed E-state index contributed by atoms with van der Waals surface area (Å²) >= 11 is 0. The van der Waals surface area contributed by atoms with Crippen molar-refractivity contribution in [1.82, 2.24) is 21.4 Å². The van der Waals surface area contributed by atoms with Crippen LogP contribution in [0.3, 0.4) is 0 Å². The number of rotatable bonds is 13. The lowest BCUT2D eigenvalue weighted by atomic mass is 9.44. The van der Waals surface area contributed by atoms with E-state index in [4.69, 9.17) is 5.84 Å². The molecule has 4 rings (SSSR count). The van der Waals surface area contributed by atoms with Crippen molar-refractivity contribution in [3.8, 4) is 0 Å². The van der Waals surface area contributed by atoms with Crippen LogP contribution in [-0.4, -0.2) is 55.4 Å². The topological polar surface area (TPSA) is 111 Å². The number of hydrogen-bond acceptors (Lipinski definition) is 6. The summed E-state index contributed by atoms with van der Waals surface area (Å²) in [5.74, 6) is 9.05. The molecule has 1 amide bonds. The van der Waals surface area contributed by atoms with Gasteiger partial charge in [0, 0.05) is 31.6 Å². The van der Waals surface area contributed by atoms with E-state index in [1.165, 1.54) is 57.8 Å². The Kier molecular flexibility index (Phi) is 10.6. The predicted molar refractivity (Wildman–Crippen MR) is 155 cm³/mol. The van der Waals surface area contributed by atoms with E-state index in [1.807, 2.05) is 13.8 Å². The Balaban J connectivity index is 1.28. The highest BCUT2D eigenvalue weighted by Crippen LogP contribution is 2.67. The van der Waals surface area contributed by atoms with Crippen molar-refractivity contribution in [2.24, 2.45) is 46.3 Å². The van der Waals surface area contributed by atoms with Crippen LogP contribution in [0.25, 0.3) is 0 Å². The van der Waals surface area contributed by atoms with E-state index in [9.17, 15) is 9.90 Å². The molecule has 4 unspecified atom stereocenters. The van der Waals surface area contributed by atoms with E-state index in [0.29, 0.717) is 30.2 Å². The van der Waals surface area contributed by atoms with Crippen molar-refractivity contribution in [2.45, 2.75) is 123 Å².